The van der Waals surface area contributed by atoms with Gasteiger partial charge in [-0.15, -0.1) is 0 Å². The largest absolute Gasteiger partial charge is 0.354 e. The molecule has 3 nitrogen and oxygen atoms in total. The van der Waals surface area contributed by atoms with E-state index in [9.17, 15) is 4.79 Å². The van der Waals surface area contributed by atoms with Gasteiger partial charge in [0.25, 0.3) is 0 Å². The van der Waals surface area contributed by atoms with E-state index < -0.39 is 5.54 Å². The van der Waals surface area contributed by atoms with E-state index in [2.05, 4.69) is 50.4 Å². The van der Waals surface area contributed by atoms with Crippen molar-refractivity contribution in [1.82, 2.24) is 5.32 Å². The Morgan fingerprint density at radius 3 is 2.39 bits per heavy atom. The molecule has 1 saturated carbocycles. The van der Waals surface area contributed by atoms with Gasteiger partial charge in [0, 0.05) is 12.0 Å². The number of carbonyl (C=O) groups is 1. The number of amides is 1. The van der Waals surface area contributed by atoms with Crippen molar-refractivity contribution in [2.24, 2.45) is 5.73 Å². The van der Waals surface area contributed by atoms with Gasteiger partial charge in [-0.3, -0.25) is 4.79 Å². The third-order valence-electron chi connectivity index (χ3n) is 3.76. The number of hydrogen-bond acceptors (Lipinski definition) is 2. The van der Waals surface area contributed by atoms with Crippen LogP contribution in [0, 0.1) is 6.92 Å². The van der Waals surface area contributed by atoms with Crippen LogP contribution in [0.15, 0.2) is 24.3 Å². The number of aryl methyl sites for hydroxylation is 1. The SMILES string of the molecule is Cc1ccc(C(C)(C)CNC(=O)C2(N)CC2)cc1. The molecule has 1 fully saturated rings. The molecular formula is C15H22N2O. The Morgan fingerprint density at radius 1 is 1.33 bits per heavy atom. The molecule has 0 aromatic heterocycles. The van der Waals surface area contributed by atoms with Gasteiger partial charge in [0.05, 0.1) is 5.54 Å². The smallest absolute Gasteiger partial charge is 0.240 e. The van der Waals surface area contributed by atoms with Gasteiger partial charge >= 0.3 is 0 Å². The quantitative estimate of drug-likeness (QED) is 0.852. The van der Waals surface area contributed by atoms with Crippen molar-refractivity contribution in [3.8, 4) is 0 Å². The maximum atomic E-state index is 11.8. The molecule has 0 unspecified atom stereocenters. The van der Waals surface area contributed by atoms with Crippen LogP contribution in [0.1, 0.15) is 37.8 Å². The predicted octanol–water partition coefficient (Wildman–Crippen LogP) is 1.88. The van der Waals surface area contributed by atoms with E-state index in [0.717, 1.165) is 12.8 Å². The number of nitrogens with one attached hydrogen (secondary N) is 1. The third kappa shape index (κ3) is 2.72. The summed E-state index contributed by atoms with van der Waals surface area (Å²) < 4.78 is 0. The van der Waals surface area contributed by atoms with Gasteiger partial charge in [-0.05, 0) is 25.3 Å². The second-order valence-corrected chi connectivity index (χ2v) is 6.09. The maximum absolute atomic E-state index is 11.8. The van der Waals surface area contributed by atoms with Crippen LogP contribution in [-0.4, -0.2) is 18.0 Å². The van der Waals surface area contributed by atoms with Gasteiger partial charge in [0.1, 0.15) is 0 Å². The summed E-state index contributed by atoms with van der Waals surface area (Å²) in [6.45, 7) is 6.96. The van der Waals surface area contributed by atoms with E-state index in [1.54, 1.807) is 0 Å². The van der Waals surface area contributed by atoms with Gasteiger partial charge in [-0.2, -0.15) is 0 Å². The van der Waals surface area contributed by atoms with E-state index in [1.807, 2.05) is 0 Å². The fourth-order valence-corrected chi connectivity index (χ4v) is 1.95. The molecule has 1 amide bonds. The van der Waals surface area contributed by atoms with Crippen molar-refractivity contribution in [3.63, 3.8) is 0 Å². The van der Waals surface area contributed by atoms with Crippen LogP contribution in [0.25, 0.3) is 0 Å². The van der Waals surface area contributed by atoms with Gasteiger partial charge in [0.2, 0.25) is 5.91 Å². The molecule has 1 aliphatic carbocycles. The molecular weight excluding hydrogens is 224 g/mol. The van der Waals surface area contributed by atoms with Crippen LogP contribution in [0.5, 0.6) is 0 Å². The van der Waals surface area contributed by atoms with Crippen molar-refractivity contribution >= 4 is 5.91 Å². The average molecular weight is 246 g/mol. The lowest BCUT2D eigenvalue weighted by molar-refractivity contribution is -0.123. The van der Waals surface area contributed by atoms with Crippen LogP contribution < -0.4 is 11.1 Å². The minimum absolute atomic E-state index is 0.0114. The molecule has 0 bridgehead atoms. The molecule has 1 aliphatic rings. The Morgan fingerprint density at radius 2 is 1.89 bits per heavy atom. The molecule has 1 aromatic carbocycles. The molecule has 18 heavy (non-hydrogen) atoms. The summed E-state index contributed by atoms with van der Waals surface area (Å²) in [5, 5.41) is 2.97. The number of carbonyl (C=O) groups excluding carboxylic acids is 1. The highest BCUT2D eigenvalue weighted by molar-refractivity contribution is 5.89. The first-order valence-corrected chi connectivity index (χ1v) is 6.48. The van der Waals surface area contributed by atoms with Gasteiger partial charge in [0.15, 0.2) is 0 Å². The molecule has 0 atom stereocenters. The first-order valence-electron chi connectivity index (χ1n) is 6.48. The summed E-state index contributed by atoms with van der Waals surface area (Å²) in [4.78, 5) is 11.8. The first kappa shape index (κ1) is 13.1. The number of nitrogens with two attached hydrogens (primary N) is 1. The van der Waals surface area contributed by atoms with Crippen molar-refractivity contribution in [3.05, 3.63) is 35.4 Å². The van der Waals surface area contributed by atoms with Crippen LogP contribution in [0.3, 0.4) is 0 Å². The van der Waals surface area contributed by atoms with Gasteiger partial charge < -0.3 is 11.1 Å². The fourth-order valence-electron chi connectivity index (χ4n) is 1.95. The van der Waals surface area contributed by atoms with Crippen LogP contribution in [-0.2, 0) is 10.2 Å². The molecule has 2 rings (SSSR count). The molecule has 3 heteroatoms. The topological polar surface area (TPSA) is 55.1 Å². The van der Waals surface area contributed by atoms with E-state index in [-0.39, 0.29) is 11.3 Å². The van der Waals surface area contributed by atoms with E-state index >= 15 is 0 Å². The lowest BCUT2D eigenvalue weighted by atomic mass is 9.84. The highest BCUT2D eigenvalue weighted by Gasteiger charge is 2.46. The lowest BCUT2D eigenvalue weighted by Gasteiger charge is -2.26. The molecule has 0 aliphatic heterocycles. The molecule has 0 saturated heterocycles. The Balaban J connectivity index is 1.98. The molecule has 0 heterocycles. The van der Waals surface area contributed by atoms with Crippen molar-refractivity contribution < 1.29 is 4.79 Å². The summed E-state index contributed by atoms with van der Waals surface area (Å²) in [6, 6.07) is 8.45. The van der Waals surface area contributed by atoms with E-state index in [0.29, 0.717) is 6.54 Å². The van der Waals surface area contributed by atoms with Crippen molar-refractivity contribution in [1.29, 1.82) is 0 Å². The molecule has 0 spiro atoms. The van der Waals surface area contributed by atoms with Crippen molar-refractivity contribution in [2.45, 2.75) is 44.6 Å². The summed E-state index contributed by atoms with van der Waals surface area (Å²) in [6.07, 6.45) is 1.62. The summed E-state index contributed by atoms with van der Waals surface area (Å²) in [7, 11) is 0. The summed E-state index contributed by atoms with van der Waals surface area (Å²) in [5.41, 5.74) is 7.69. The Kier molecular flexibility index (Phi) is 3.20. The number of rotatable bonds is 4. The van der Waals surface area contributed by atoms with Crippen LogP contribution in [0.2, 0.25) is 0 Å². The standard InChI is InChI=1S/C15H22N2O/c1-11-4-6-12(7-5-11)14(2,3)10-17-13(18)15(16)8-9-15/h4-7H,8-10,16H2,1-3H3,(H,17,18). The highest BCUT2D eigenvalue weighted by atomic mass is 16.2. The zero-order valence-corrected chi connectivity index (χ0v) is 11.4. The lowest BCUT2D eigenvalue weighted by Crippen LogP contribution is -2.46. The second kappa shape index (κ2) is 4.39. The Bertz CT molecular complexity index is 444. The molecule has 0 radical (unpaired) electrons. The molecule has 1 aromatic rings. The number of hydrogen-bond donors (Lipinski definition) is 2. The predicted molar refractivity (Wildman–Crippen MR) is 73.4 cm³/mol. The minimum atomic E-state index is -0.580. The Hall–Kier alpha value is -1.35. The summed E-state index contributed by atoms with van der Waals surface area (Å²) in [5.74, 6) is -0.0114. The fraction of sp³-hybridized carbons (Fsp3) is 0.533. The average Bonchev–Trinajstić information content (AvgIpc) is 3.06. The zero-order chi connectivity index (χ0) is 13.4. The third-order valence-corrected chi connectivity index (χ3v) is 3.76. The Labute approximate surface area is 109 Å². The molecule has 98 valence electrons. The van der Waals surface area contributed by atoms with E-state index in [4.69, 9.17) is 5.73 Å². The maximum Gasteiger partial charge on any atom is 0.240 e. The second-order valence-electron chi connectivity index (χ2n) is 6.09. The van der Waals surface area contributed by atoms with E-state index in [1.165, 1.54) is 11.1 Å². The summed E-state index contributed by atoms with van der Waals surface area (Å²) >= 11 is 0. The zero-order valence-electron chi connectivity index (χ0n) is 11.4. The van der Waals surface area contributed by atoms with Gasteiger partial charge in [-0.1, -0.05) is 43.7 Å². The van der Waals surface area contributed by atoms with Crippen LogP contribution in [0.4, 0.5) is 0 Å². The number of benzene rings is 1. The normalized spacial score (nSPS) is 17.3. The van der Waals surface area contributed by atoms with Crippen molar-refractivity contribution in [2.75, 3.05) is 6.54 Å². The first-order chi connectivity index (χ1) is 8.33. The monoisotopic (exact) mass is 246 g/mol. The van der Waals surface area contributed by atoms with Gasteiger partial charge in [-0.25, -0.2) is 0 Å². The van der Waals surface area contributed by atoms with Crippen LogP contribution >= 0.6 is 0 Å². The minimum Gasteiger partial charge on any atom is -0.354 e. The molecule has 3 N–H and O–H groups in total. The highest BCUT2D eigenvalue weighted by Crippen LogP contribution is 2.32.